The Morgan fingerprint density at radius 2 is 1.76 bits per heavy atom. The Balaban J connectivity index is 2.68. The SMILES string of the molecule is CC(C)C(CNC(=O)c1ccc(C(F)(F)F)nc1)C(C)C. The van der Waals surface area contributed by atoms with Crippen molar-refractivity contribution in [3.05, 3.63) is 29.6 Å². The average molecular weight is 302 g/mol. The van der Waals surface area contributed by atoms with Gasteiger partial charge in [0.1, 0.15) is 5.69 Å². The van der Waals surface area contributed by atoms with E-state index in [2.05, 4.69) is 38.0 Å². The lowest BCUT2D eigenvalue weighted by Crippen LogP contribution is -2.34. The van der Waals surface area contributed by atoms with Crippen molar-refractivity contribution in [3.8, 4) is 0 Å². The van der Waals surface area contributed by atoms with Crippen LogP contribution in [0.2, 0.25) is 0 Å². The van der Waals surface area contributed by atoms with E-state index >= 15 is 0 Å². The number of hydrogen-bond donors (Lipinski definition) is 1. The molecule has 0 radical (unpaired) electrons. The first kappa shape index (κ1) is 17.5. The van der Waals surface area contributed by atoms with Crippen molar-refractivity contribution in [1.29, 1.82) is 0 Å². The number of nitrogens with zero attached hydrogens (tertiary/aromatic N) is 1. The van der Waals surface area contributed by atoms with E-state index in [4.69, 9.17) is 0 Å². The van der Waals surface area contributed by atoms with E-state index < -0.39 is 17.8 Å². The molecule has 1 N–H and O–H groups in total. The van der Waals surface area contributed by atoms with E-state index in [1.807, 2.05) is 0 Å². The number of carbonyl (C=O) groups is 1. The van der Waals surface area contributed by atoms with Gasteiger partial charge in [-0.3, -0.25) is 9.78 Å². The third kappa shape index (κ3) is 5.02. The van der Waals surface area contributed by atoms with Gasteiger partial charge in [0.15, 0.2) is 0 Å². The third-order valence-electron chi connectivity index (χ3n) is 3.53. The molecule has 0 fully saturated rings. The van der Waals surface area contributed by atoms with Crippen LogP contribution >= 0.6 is 0 Å². The monoisotopic (exact) mass is 302 g/mol. The molecule has 1 aromatic heterocycles. The first-order chi connectivity index (χ1) is 9.62. The van der Waals surface area contributed by atoms with Crippen LogP contribution in [0.15, 0.2) is 18.3 Å². The number of hydrogen-bond acceptors (Lipinski definition) is 2. The van der Waals surface area contributed by atoms with Gasteiger partial charge >= 0.3 is 6.18 Å². The fourth-order valence-corrected chi connectivity index (χ4v) is 2.25. The molecule has 21 heavy (non-hydrogen) atoms. The number of amides is 1. The van der Waals surface area contributed by atoms with E-state index in [0.29, 0.717) is 24.3 Å². The van der Waals surface area contributed by atoms with Crippen molar-refractivity contribution in [1.82, 2.24) is 10.3 Å². The zero-order chi connectivity index (χ0) is 16.2. The normalized spacial score (nSPS) is 12.3. The Kier molecular flexibility index (Phi) is 5.75. The molecule has 1 heterocycles. The first-order valence-electron chi connectivity index (χ1n) is 6.94. The van der Waals surface area contributed by atoms with Crippen LogP contribution in [-0.4, -0.2) is 17.4 Å². The number of aromatic nitrogens is 1. The Hall–Kier alpha value is -1.59. The number of pyridine rings is 1. The van der Waals surface area contributed by atoms with Gasteiger partial charge in [0, 0.05) is 12.7 Å². The van der Waals surface area contributed by atoms with Crippen LogP contribution < -0.4 is 5.32 Å². The second-order valence-electron chi connectivity index (χ2n) is 5.79. The minimum atomic E-state index is -4.49. The van der Waals surface area contributed by atoms with Gasteiger partial charge < -0.3 is 5.32 Å². The van der Waals surface area contributed by atoms with Crippen molar-refractivity contribution in [2.45, 2.75) is 33.9 Å². The summed E-state index contributed by atoms with van der Waals surface area (Å²) in [7, 11) is 0. The molecule has 1 aromatic rings. The summed E-state index contributed by atoms with van der Waals surface area (Å²) in [5.74, 6) is 0.742. The Morgan fingerprint density at radius 1 is 1.19 bits per heavy atom. The summed E-state index contributed by atoms with van der Waals surface area (Å²) in [6, 6.07) is 1.96. The highest BCUT2D eigenvalue weighted by Crippen LogP contribution is 2.27. The van der Waals surface area contributed by atoms with E-state index in [1.54, 1.807) is 0 Å². The van der Waals surface area contributed by atoms with E-state index in [1.165, 1.54) is 0 Å². The predicted molar refractivity (Wildman–Crippen MR) is 74.7 cm³/mol. The molecule has 0 bridgehead atoms. The Labute approximate surface area is 123 Å². The van der Waals surface area contributed by atoms with Gasteiger partial charge in [0.2, 0.25) is 0 Å². The van der Waals surface area contributed by atoms with E-state index in [0.717, 1.165) is 18.3 Å². The Morgan fingerprint density at radius 3 is 2.14 bits per heavy atom. The van der Waals surface area contributed by atoms with Crippen LogP contribution in [0.3, 0.4) is 0 Å². The molecular formula is C15H21F3N2O. The minimum Gasteiger partial charge on any atom is -0.352 e. The van der Waals surface area contributed by atoms with Crippen LogP contribution in [0, 0.1) is 17.8 Å². The molecule has 0 aliphatic carbocycles. The molecule has 1 rings (SSSR count). The van der Waals surface area contributed by atoms with Gasteiger partial charge in [0.05, 0.1) is 5.56 Å². The van der Waals surface area contributed by atoms with Gasteiger partial charge in [-0.05, 0) is 29.9 Å². The maximum Gasteiger partial charge on any atom is 0.433 e. The molecule has 0 spiro atoms. The summed E-state index contributed by atoms with van der Waals surface area (Å²) in [6.45, 7) is 8.81. The highest BCUT2D eigenvalue weighted by atomic mass is 19.4. The summed E-state index contributed by atoms with van der Waals surface area (Å²) in [4.78, 5) is 15.2. The molecule has 0 saturated carbocycles. The number of alkyl halides is 3. The molecule has 0 aliphatic rings. The van der Waals surface area contributed by atoms with Gasteiger partial charge in [-0.15, -0.1) is 0 Å². The zero-order valence-electron chi connectivity index (χ0n) is 12.7. The fraction of sp³-hybridized carbons (Fsp3) is 0.600. The van der Waals surface area contributed by atoms with Gasteiger partial charge in [-0.2, -0.15) is 13.2 Å². The second-order valence-corrected chi connectivity index (χ2v) is 5.79. The van der Waals surface area contributed by atoms with Crippen molar-refractivity contribution in [3.63, 3.8) is 0 Å². The van der Waals surface area contributed by atoms with E-state index in [9.17, 15) is 18.0 Å². The minimum absolute atomic E-state index is 0.134. The quantitative estimate of drug-likeness (QED) is 0.900. The van der Waals surface area contributed by atoms with Gasteiger partial charge in [-0.25, -0.2) is 0 Å². The molecule has 0 saturated heterocycles. The van der Waals surface area contributed by atoms with Crippen LogP contribution in [0.1, 0.15) is 43.7 Å². The van der Waals surface area contributed by atoms with Gasteiger partial charge in [-0.1, -0.05) is 27.7 Å². The average Bonchev–Trinajstić information content (AvgIpc) is 2.37. The molecule has 1 amide bonds. The van der Waals surface area contributed by atoms with E-state index in [-0.39, 0.29) is 5.56 Å². The number of rotatable bonds is 5. The number of nitrogens with one attached hydrogen (secondary N) is 1. The fourth-order valence-electron chi connectivity index (χ4n) is 2.25. The number of carbonyl (C=O) groups excluding carboxylic acids is 1. The molecular weight excluding hydrogens is 281 g/mol. The van der Waals surface area contributed by atoms with Crippen molar-refractivity contribution < 1.29 is 18.0 Å². The smallest absolute Gasteiger partial charge is 0.352 e. The van der Waals surface area contributed by atoms with Crippen molar-refractivity contribution in [2.24, 2.45) is 17.8 Å². The largest absolute Gasteiger partial charge is 0.433 e. The van der Waals surface area contributed by atoms with Crippen LogP contribution in [0.5, 0.6) is 0 Å². The number of halogens is 3. The molecule has 3 nitrogen and oxygen atoms in total. The Bertz CT molecular complexity index is 459. The zero-order valence-corrected chi connectivity index (χ0v) is 12.7. The molecule has 6 heteroatoms. The highest BCUT2D eigenvalue weighted by Gasteiger charge is 2.32. The van der Waals surface area contributed by atoms with Crippen LogP contribution in [0.4, 0.5) is 13.2 Å². The molecule has 0 aromatic carbocycles. The lowest BCUT2D eigenvalue weighted by atomic mass is 9.85. The van der Waals surface area contributed by atoms with Crippen LogP contribution in [0.25, 0.3) is 0 Å². The van der Waals surface area contributed by atoms with Crippen molar-refractivity contribution in [2.75, 3.05) is 6.54 Å². The standard InChI is InChI=1S/C15H21F3N2O/c1-9(2)12(10(3)4)8-20-14(21)11-5-6-13(19-7-11)15(16,17)18/h5-7,9-10,12H,8H2,1-4H3,(H,20,21). The highest BCUT2D eigenvalue weighted by molar-refractivity contribution is 5.93. The maximum atomic E-state index is 12.4. The summed E-state index contributed by atoms with van der Waals surface area (Å²) in [5, 5.41) is 2.76. The lowest BCUT2D eigenvalue weighted by Gasteiger charge is -2.25. The summed E-state index contributed by atoms with van der Waals surface area (Å²) in [5.41, 5.74) is -0.865. The molecule has 0 unspecified atom stereocenters. The summed E-state index contributed by atoms with van der Waals surface area (Å²) >= 11 is 0. The molecule has 0 atom stereocenters. The summed E-state index contributed by atoms with van der Waals surface area (Å²) in [6.07, 6.45) is -3.53. The summed E-state index contributed by atoms with van der Waals surface area (Å²) < 4.78 is 37.2. The maximum absolute atomic E-state index is 12.4. The molecule has 118 valence electrons. The van der Waals surface area contributed by atoms with Crippen molar-refractivity contribution >= 4 is 5.91 Å². The molecule has 0 aliphatic heterocycles. The first-order valence-corrected chi connectivity index (χ1v) is 6.94. The lowest BCUT2D eigenvalue weighted by molar-refractivity contribution is -0.141. The second kappa shape index (κ2) is 6.91. The van der Waals surface area contributed by atoms with Crippen LogP contribution in [-0.2, 0) is 6.18 Å². The van der Waals surface area contributed by atoms with Gasteiger partial charge in [0.25, 0.3) is 5.91 Å². The topological polar surface area (TPSA) is 42.0 Å². The predicted octanol–water partition coefficient (Wildman–Crippen LogP) is 3.76. The third-order valence-corrected chi connectivity index (χ3v) is 3.53.